The lowest BCUT2D eigenvalue weighted by atomic mass is 10.1. The fourth-order valence-electron chi connectivity index (χ4n) is 1.70. The first-order valence-corrected chi connectivity index (χ1v) is 6.41. The van der Waals surface area contributed by atoms with Crippen molar-refractivity contribution in [2.75, 3.05) is 0 Å². The van der Waals surface area contributed by atoms with Crippen LogP contribution in [0, 0.1) is 0 Å². The number of aromatic nitrogens is 2. The zero-order valence-electron chi connectivity index (χ0n) is 10.0. The Hall–Kier alpha value is -1.13. The SMILES string of the molecule is CC(NCc1cnn(C)c1)c1ccc(Br)cc1. The Bertz CT molecular complexity index is 476. The van der Waals surface area contributed by atoms with E-state index in [0.717, 1.165) is 11.0 Å². The second-order valence-electron chi connectivity index (χ2n) is 4.18. The highest BCUT2D eigenvalue weighted by Crippen LogP contribution is 2.16. The van der Waals surface area contributed by atoms with Crippen LogP contribution in [0.3, 0.4) is 0 Å². The zero-order valence-corrected chi connectivity index (χ0v) is 11.6. The van der Waals surface area contributed by atoms with E-state index in [2.05, 4.69) is 57.5 Å². The van der Waals surface area contributed by atoms with Crippen molar-refractivity contribution < 1.29 is 0 Å². The van der Waals surface area contributed by atoms with E-state index in [1.54, 1.807) is 0 Å². The summed E-state index contributed by atoms with van der Waals surface area (Å²) < 4.78 is 2.93. The Morgan fingerprint density at radius 3 is 2.65 bits per heavy atom. The van der Waals surface area contributed by atoms with Gasteiger partial charge < -0.3 is 5.32 Å². The van der Waals surface area contributed by atoms with E-state index in [1.807, 2.05) is 24.1 Å². The molecule has 17 heavy (non-hydrogen) atoms. The molecule has 2 rings (SSSR count). The van der Waals surface area contributed by atoms with E-state index < -0.39 is 0 Å². The Labute approximate surface area is 110 Å². The molecule has 1 aromatic heterocycles. The highest BCUT2D eigenvalue weighted by Gasteiger charge is 2.05. The molecule has 0 fully saturated rings. The first-order chi connectivity index (χ1) is 8.15. The van der Waals surface area contributed by atoms with Gasteiger partial charge in [-0.05, 0) is 24.6 Å². The molecular weight excluding hydrogens is 278 g/mol. The number of benzene rings is 1. The summed E-state index contributed by atoms with van der Waals surface area (Å²) in [5.41, 5.74) is 2.49. The van der Waals surface area contributed by atoms with Crippen LogP contribution < -0.4 is 5.32 Å². The van der Waals surface area contributed by atoms with Gasteiger partial charge in [0.25, 0.3) is 0 Å². The number of aryl methyl sites for hydroxylation is 1. The first-order valence-electron chi connectivity index (χ1n) is 5.61. The largest absolute Gasteiger partial charge is 0.306 e. The summed E-state index contributed by atoms with van der Waals surface area (Å²) in [6, 6.07) is 8.73. The zero-order chi connectivity index (χ0) is 12.3. The molecular formula is C13H16BrN3. The molecule has 1 N–H and O–H groups in total. The van der Waals surface area contributed by atoms with Crippen molar-refractivity contribution in [2.24, 2.45) is 7.05 Å². The minimum atomic E-state index is 0.336. The van der Waals surface area contributed by atoms with Crippen LogP contribution in [0.4, 0.5) is 0 Å². The summed E-state index contributed by atoms with van der Waals surface area (Å²) in [5, 5.41) is 7.63. The lowest BCUT2D eigenvalue weighted by Gasteiger charge is -2.13. The molecule has 1 heterocycles. The molecule has 0 aliphatic carbocycles. The maximum atomic E-state index is 4.15. The predicted octanol–water partition coefficient (Wildman–Crippen LogP) is 3.03. The van der Waals surface area contributed by atoms with Crippen LogP contribution in [0.1, 0.15) is 24.1 Å². The van der Waals surface area contributed by atoms with Crippen molar-refractivity contribution in [3.8, 4) is 0 Å². The molecule has 0 radical (unpaired) electrons. The van der Waals surface area contributed by atoms with Crippen LogP contribution in [0.5, 0.6) is 0 Å². The lowest BCUT2D eigenvalue weighted by Crippen LogP contribution is -2.17. The Morgan fingerprint density at radius 2 is 2.06 bits per heavy atom. The lowest BCUT2D eigenvalue weighted by molar-refractivity contribution is 0.574. The number of rotatable bonds is 4. The third kappa shape index (κ3) is 3.41. The molecule has 2 aromatic rings. The molecule has 4 heteroatoms. The highest BCUT2D eigenvalue weighted by atomic mass is 79.9. The summed E-state index contributed by atoms with van der Waals surface area (Å²) in [4.78, 5) is 0. The highest BCUT2D eigenvalue weighted by molar-refractivity contribution is 9.10. The minimum Gasteiger partial charge on any atom is -0.306 e. The molecule has 0 aliphatic rings. The van der Waals surface area contributed by atoms with Gasteiger partial charge in [0.2, 0.25) is 0 Å². The number of nitrogens with one attached hydrogen (secondary N) is 1. The number of hydrogen-bond donors (Lipinski definition) is 1. The third-order valence-electron chi connectivity index (χ3n) is 2.74. The van der Waals surface area contributed by atoms with Crippen LogP contribution >= 0.6 is 15.9 Å². The molecule has 0 aliphatic heterocycles. The van der Waals surface area contributed by atoms with Gasteiger partial charge in [-0.25, -0.2) is 0 Å². The Balaban J connectivity index is 1.93. The van der Waals surface area contributed by atoms with Gasteiger partial charge in [0.05, 0.1) is 6.20 Å². The van der Waals surface area contributed by atoms with Gasteiger partial charge in [-0.3, -0.25) is 4.68 Å². The molecule has 1 unspecified atom stereocenters. The number of hydrogen-bond acceptors (Lipinski definition) is 2. The molecule has 1 atom stereocenters. The Kier molecular flexibility index (Phi) is 3.97. The third-order valence-corrected chi connectivity index (χ3v) is 3.27. The van der Waals surface area contributed by atoms with Gasteiger partial charge in [-0.1, -0.05) is 28.1 Å². The molecule has 90 valence electrons. The second kappa shape index (κ2) is 5.47. The summed E-state index contributed by atoms with van der Waals surface area (Å²) >= 11 is 3.44. The first kappa shape index (κ1) is 12.3. The normalized spacial score (nSPS) is 12.6. The molecule has 0 saturated heterocycles. The summed E-state index contributed by atoms with van der Waals surface area (Å²) in [7, 11) is 1.93. The molecule has 0 bridgehead atoms. The van der Waals surface area contributed by atoms with E-state index in [9.17, 15) is 0 Å². The van der Waals surface area contributed by atoms with Crippen LogP contribution in [0.2, 0.25) is 0 Å². The maximum Gasteiger partial charge on any atom is 0.0534 e. The quantitative estimate of drug-likeness (QED) is 0.939. The monoisotopic (exact) mass is 293 g/mol. The molecule has 0 saturated carbocycles. The van der Waals surface area contributed by atoms with Crippen LogP contribution in [-0.4, -0.2) is 9.78 Å². The molecule has 3 nitrogen and oxygen atoms in total. The number of nitrogens with zero attached hydrogens (tertiary/aromatic N) is 2. The van der Waals surface area contributed by atoms with E-state index in [-0.39, 0.29) is 0 Å². The van der Waals surface area contributed by atoms with Crippen molar-refractivity contribution in [1.29, 1.82) is 0 Å². The Morgan fingerprint density at radius 1 is 1.35 bits per heavy atom. The summed E-state index contributed by atoms with van der Waals surface area (Å²) in [6.45, 7) is 3.00. The molecule has 0 amide bonds. The molecule has 0 spiro atoms. The predicted molar refractivity (Wildman–Crippen MR) is 72.6 cm³/mol. The van der Waals surface area contributed by atoms with Crippen molar-refractivity contribution in [1.82, 2.24) is 15.1 Å². The van der Waals surface area contributed by atoms with E-state index in [1.165, 1.54) is 11.1 Å². The smallest absolute Gasteiger partial charge is 0.0534 e. The fraction of sp³-hybridized carbons (Fsp3) is 0.308. The maximum absolute atomic E-state index is 4.15. The van der Waals surface area contributed by atoms with E-state index in [0.29, 0.717) is 6.04 Å². The standard InChI is InChI=1S/C13H16BrN3/c1-10(12-3-5-13(14)6-4-12)15-7-11-8-16-17(2)9-11/h3-6,8-10,15H,7H2,1-2H3. The van der Waals surface area contributed by atoms with E-state index >= 15 is 0 Å². The topological polar surface area (TPSA) is 29.9 Å². The van der Waals surface area contributed by atoms with Gasteiger partial charge in [0, 0.05) is 35.9 Å². The second-order valence-corrected chi connectivity index (χ2v) is 5.09. The van der Waals surface area contributed by atoms with Gasteiger partial charge in [0.15, 0.2) is 0 Å². The van der Waals surface area contributed by atoms with Gasteiger partial charge in [-0.15, -0.1) is 0 Å². The summed E-state index contributed by atoms with van der Waals surface area (Å²) in [5.74, 6) is 0. The van der Waals surface area contributed by atoms with Crippen LogP contribution in [-0.2, 0) is 13.6 Å². The number of halogens is 1. The van der Waals surface area contributed by atoms with Gasteiger partial charge >= 0.3 is 0 Å². The molecule has 1 aromatic carbocycles. The van der Waals surface area contributed by atoms with Gasteiger partial charge in [-0.2, -0.15) is 5.10 Å². The fourth-order valence-corrected chi connectivity index (χ4v) is 1.97. The minimum absolute atomic E-state index is 0.336. The van der Waals surface area contributed by atoms with Crippen LogP contribution in [0.25, 0.3) is 0 Å². The summed E-state index contributed by atoms with van der Waals surface area (Å²) in [6.07, 6.45) is 3.92. The van der Waals surface area contributed by atoms with Crippen molar-refractivity contribution in [2.45, 2.75) is 19.5 Å². The van der Waals surface area contributed by atoms with Crippen molar-refractivity contribution in [3.63, 3.8) is 0 Å². The van der Waals surface area contributed by atoms with Gasteiger partial charge in [0.1, 0.15) is 0 Å². The average Bonchev–Trinajstić information content (AvgIpc) is 2.73. The van der Waals surface area contributed by atoms with Crippen LogP contribution in [0.15, 0.2) is 41.1 Å². The van der Waals surface area contributed by atoms with Crippen molar-refractivity contribution in [3.05, 3.63) is 52.3 Å². The van der Waals surface area contributed by atoms with E-state index in [4.69, 9.17) is 0 Å². The average molecular weight is 294 g/mol. The van der Waals surface area contributed by atoms with Crippen molar-refractivity contribution >= 4 is 15.9 Å².